The van der Waals surface area contributed by atoms with Crippen LogP contribution in [0.2, 0.25) is 0 Å². The first-order chi connectivity index (χ1) is 16.2. The Hall–Kier alpha value is -4.05. The Labute approximate surface area is 197 Å². The second-order valence-corrected chi connectivity index (χ2v) is 9.50. The van der Waals surface area contributed by atoms with E-state index in [2.05, 4.69) is 5.32 Å². The third kappa shape index (κ3) is 4.96. The SMILES string of the molecule is Cc1ccc(N(CC(=O)Nc2ccc(C(N)=O)cc2)S(=O)(=O)c2ccc3c(c2)OCCO3)cc1. The predicted molar refractivity (Wildman–Crippen MR) is 127 cm³/mol. The molecule has 1 heterocycles. The molecule has 0 atom stereocenters. The van der Waals surface area contributed by atoms with Crippen molar-refractivity contribution in [2.24, 2.45) is 5.73 Å². The fraction of sp³-hybridized carbons (Fsp3) is 0.167. The van der Waals surface area contributed by atoms with E-state index in [1.807, 2.05) is 6.92 Å². The Morgan fingerprint density at radius 3 is 2.24 bits per heavy atom. The second-order valence-electron chi connectivity index (χ2n) is 7.64. The number of sulfonamides is 1. The number of nitrogens with one attached hydrogen (secondary N) is 1. The molecular weight excluding hydrogens is 458 g/mol. The lowest BCUT2D eigenvalue weighted by Crippen LogP contribution is -2.38. The average molecular weight is 482 g/mol. The lowest BCUT2D eigenvalue weighted by molar-refractivity contribution is -0.114. The Kier molecular flexibility index (Phi) is 6.42. The molecular formula is C24H23N3O6S. The summed E-state index contributed by atoms with van der Waals surface area (Å²) in [5.74, 6) is -0.359. The van der Waals surface area contributed by atoms with Gasteiger partial charge in [-0.3, -0.25) is 13.9 Å². The molecule has 4 rings (SSSR count). The van der Waals surface area contributed by atoms with Gasteiger partial charge in [0.25, 0.3) is 10.0 Å². The van der Waals surface area contributed by atoms with E-state index in [-0.39, 0.29) is 4.90 Å². The highest BCUT2D eigenvalue weighted by Gasteiger charge is 2.29. The molecule has 0 aromatic heterocycles. The van der Waals surface area contributed by atoms with E-state index in [1.54, 1.807) is 24.3 Å². The molecule has 0 fully saturated rings. The molecule has 3 aromatic carbocycles. The summed E-state index contributed by atoms with van der Waals surface area (Å²) in [4.78, 5) is 24.0. The quantitative estimate of drug-likeness (QED) is 0.534. The zero-order valence-electron chi connectivity index (χ0n) is 18.4. The molecule has 1 aliphatic rings. The van der Waals surface area contributed by atoms with Crippen LogP contribution in [0.5, 0.6) is 11.5 Å². The van der Waals surface area contributed by atoms with E-state index < -0.39 is 28.4 Å². The monoisotopic (exact) mass is 481 g/mol. The number of carbonyl (C=O) groups is 2. The molecule has 1 aliphatic heterocycles. The second kappa shape index (κ2) is 9.44. The number of amides is 2. The summed E-state index contributed by atoms with van der Waals surface area (Å²) < 4.78 is 39.3. The van der Waals surface area contributed by atoms with Crippen LogP contribution in [0.4, 0.5) is 11.4 Å². The van der Waals surface area contributed by atoms with E-state index in [0.717, 1.165) is 9.87 Å². The van der Waals surface area contributed by atoms with E-state index in [1.165, 1.54) is 42.5 Å². The Bertz CT molecular complexity index is 1320. The zero-order chi connectivity index (χ0) is 24.3. The van der Waals surface area contributed by atoms with Crippen molar-refractivity contribution in [3.63, 3.8) is 0 Å². The van der Waals surface area contributed by atoms with Gasteiger partial charge in [0.05, 0.1) is 10.6 Å². The highest BCUT2D eigenvalue weighted by Crippen LogP contribution is 2.34. The number of hydrogen-bond donors (Lipinski definition) is 2. The van der Waals surface area contributed by atoms with Crippen molar-refractivity contribution in [2.45, 2.75) is 11.8 Å². The number of hydrogen-bond acceptors (Lipinski definition) is 6. The van der Waals surface area contributed by atoms with E-state index in [4.69, 9.17) is 15.2 Å². The molecule has 3 aromatic rings. The van der Waals surface area contributed by atoms with Gasteiger partial charge in [-0.2, -0.15) is 0 Å². The fourth-order valence-electron chi connectivity index (χ4n) is 3.39. The van der Waals surface area contributed by atoms with Gasteiger partial charge in [-0.05, 0) is 55.5 Å². The molecule has 0 saturated carbocycles. The maximum atomic E-state index is 13.6. The molecule has 0 aliphatic carbocycles. The van der Waals surface area contributed by atoms with Crippen molar-refractivity contribution in [1.82, 2.24) is 0 Å². The predicted octanol–water partition coefficient (Wildman–Crippen LogP) is 2.70. The van der Waals surface area contributed by atoms with Crippen LogP contribution in [0.1, 0.15) is 15.9 Å². The summed E-state index contributed by atoms with van der Waals surface area (Å²) in [6, 6.07) is 17.1. The highest BCUT2D eigenvalue weighted by molar-refractivity contribution is 7.92. The van der Waals surface area contributed by atoms with E-state index >= 15 is 0 Å². The van der Waals surface area contributed by atoms with Crippen LogP contribution >= 0.6 is 0 Å². The third-order valence-corrected chi connectivity index (χ3v) is 6.93. The summed E-state index contributed by atoms with van der Waals surface area (Å²) in [7, 11) is -4.13. The van der Waals surface area contributed by atoms with Crippen LogP contribution in [0.25, 0.3) is 0 Å². The van der Waals surface area contributed by atoms with Gasteiger partial charge in [0.2, 0.25) is 11.8 Å². The fourth-order valence-corrected chi connectivity index (χ4v) is 4.82. The maximum Gasteiger partial charge on any atom is 0.264 e. The molecule has 0 saturated heterocycles. The first kappa shape index (κ1) is 23.1. The molecule has 0 spiro atoms. The minimum absolute atomic E-state index is 0.0315. The van der Waals surface area contributed by atoms with Crippen LogP contribution in [-0.4, -0.2) is 40.0 Å². The van der Waals surface area contributed by atoms with Gasteiger partial charge in [-0.25, -0.2) is 8.42 Å². The third-order valence-electron chi connectivity index (χ3n) is 5.16. The van der Waals surface area contributed by atoms with Gasteiger partial charge >= 0.3 is 0 Å². The summed E-state index contributed by atoms with van der Waals surface area (Å²) >= 11 is 0. The number of benzene rings is 3. The van der Waals surface area contributed by atoms with Gasteiger partial charge in [0, 0.05) is 17.3 Å². The standard InChI is InChI=1S/C24H23N3O6S/c1-16-2-8-19(9-3-16)27(15-23(28)26-18-6-4-17(5-7-18)24(25)29)34(30,31)20-10-11-21-22(14-20)33-13-12-32-21/h2-11,14H,12-13,15H2,1H3,(H2,25,29)(H,26,28). The molecule has 0 unspecified atom stereocenters. The van der Waals surface area contributed by atoms with Gasteiger partial charge in [0.15, 0.2) is 11.5 Å². The van der Waals surface area contributed by atoms with Crippen molar-refractivity contribution in [1.29, 1.82) is 0 Å². The van der Waals surface area contributed by atoms with Crippen molar-refractivity contribution in [2.75, 3.05) is 29.4 Å². The number of fused-ring (bicyclic) bond motifs is 1. The topological polar surface area (TPSA) is 128 Å². The molecule has 3 N–H and O–H groups in total. The number of anilines is 2. The van der Waals surface area contributed by atoms with Gasteiger partial charge in [0.1, 0.15) is 19.8 Å². The van der Waals surface area contributed by atoms with E-state index in [9.17, 15) is 18.0 Å². The molecule has 0 bridgehead atoms. The largest absolute Gasteiger partial charge is 0.486 e. The van der Waals surface area contributed by atoms with Gasteiger partial charge in [-0.15, -0.1) is 0 Å². The highest BCUT2D eigenvalue weighted by atomic mass is 32.2. The number of nitrogens with two attached hydrogens (primary N) is 1. The Balaban J connectivity index is 1.63. The van der Waals surface area contributed by atoms with Crippen molar-refractivity contribution < 1.29 is 27.5 Å². The van der Waals surface area contributed by atoms with Crippen molar-refractivity contribution >= 4 is 33.2 Å². The summed E-state index contributed by atoms with van der Waals surface area (Å²) in [5, 5.41) is 2.65. The number of nitrogens with zero attached hydrogens (tertiary/aromatic N) is 1. The number of aryl methyl sites for hydroxylation is 1. The molecule has 10 heteroatoms. The smallest absolute Gasteiger partial charge is 0.264 e. The van der Waals surface area contributed by atoms with Gasteiger partial charge in [-0.1, -0.05) is 17.7 Å². The lowest BCUT2D eigenvalue weighted by atomic mass is 10.2. The summed E-state index contributed by atoms with van der Waals surface area (Å²) in [6.45, 7) is 2.10. The van der Waals surface area contributed by atoms with Crippen LogP contribution in [0, 0.1) is 6.92 Å². The first-order valence-electron chi connectivity index (χ1n) is 10.4. The first-order valence-corrected chi connectivity index (χ1v) is 11.9. The number of primary amides is 1. The van der Waals surface area contributed by atoms with Crippen LogP contribution in [-0.2, 0) is 14.8 Å². The average Bonchev–Trinajstić information content (AvgIpc) is 2.83. The number of carbonyl (C=O) groups excluding carboxylic acids is 2. The number of ether oxygens (including phenoxy) is 2. The summed E-state index contributed by atoms with van der Waals surface area (Å²) in [6.07, 6.45) is 0. The van der Waals surface area contributed by atoms with Crippen molar-refractivity contribution in [3.8, 4) is 11.5 Å². The van der Waals surface area contributed by atoms with Crippen LogP contribution in [0.15, 0.2) is 71.6 Å². The Morgan fingerprint density at radius 2 is 1.59 bits per heavy atom. The lowest BCUT2D eigenvalue weighted by Gasteiger charge is -2.25. The van der Waals surface area contributed by atoms with Gasteiger partial charge < -0.3 is 20.5 Å². The zero-order valence-corrected chi connectivity index (χ0v) is 19.2. The molecule has 9 nitrogen and oxygen atoms in total. The normalized spacial score (nSPS) is 12.6. The Morgan fingerprint density at radius 1 is 0.941 bits per heavy atom. The van der Waals surface area contributed by atoms with E-state index in [0.29, 0.717) is 41.7 Å². The van der Waals surface area contributed by atoms with Crippen LogP contribution in [0.3, 0.4) is 0 Å². The molecule has 176 valence electrons. The molecule has 0 radical (unpaired) electrons. The van der Waals surface area contributed by atoms with Crippen LogP contribution < -0.4 is 24.8 Å². The van der Waals surface area contributed by atoms with Crippen molar-refractivity contribution in [3.05, 3.63) is 77.9 Å². The maximum absolute atomic E-state index is 13.6. The molecule has 2 amide bonds. The minimum atomic E-state index is -4.13. The number of rotatable bonds is 7. The summed E-state index contributed by atoms with van der Waals surface area (Å²) in [5.41, 5.74) is 7.20. The molecule has 34 heavy (non-hydrogen) atoms. The minimum Gasteiger partial charge on any atom is -0.486 e.